The number of halogens is 1. The van der Waals surface area contributed by atoms with Gasteiger partial charge in [-0.3, -0.25) is 4.79 Å². The molecule has 1 aliphatic heterocycles. The lowest BCUT2D eigenvalue weighted by Gasteiger charge is -2.25. The minimum absolute atomic E-state index is 0.118. The van der Waals surface area contributed by atoms with Crippen LogP contribution in [-0.2, 0) is 13.5 Å². The summed E-state index contributed by atoms with van der Waals surface area (Å²) >= 11 is 1.73. The van der Waals surface area contributed by atoms with Crippen molar-refractivity contribution in [3.63, 3.8) is 0 Å². The molecule has 142 valence electrons. The van der Waals surface area contributed by atoms with Gasteiger partial charge in [-0.05, 0) is 49.1 Å². The van der Waals surface area contributed by atoms with Gasteiger partial charge in [0.1, 0.15) is 11.3 Å². The highest BCUT2D eigenvalue weighted by atomic mass is 32.1. The maximum Gasteiger partial charge on any atom is 0.251 e. The average Bonchev–Trinajstić information content (AvgIpc) is 3.16. The quantitative estimate of drug-likeness (QED) is 0.717. The predicted octanol–water partition coefficient (Wildman–Crippen LogP) is 3.77. The number of carbonyl (C=O) groups is 1. The molecule has 4 rings (SSSR count). The number of carbonyl (C=O) groups excluding carboxylic acids is 1. The van der Waals surface area contributed by atoms with Crippen molar-refractivity contribution in [2.75, 3.05) is 6.54 Å². The molecule has 7 heteroatoms. The van der Waals surface area contributed by atoms with E-state index >= 15 is 0 Å². The molecule has 3 N–H and O–H groups in total. The smallest absolute Gasteiger partial charge is 0.251 e. The van der Waals surface area contributed by atoms with Crippen molar-refractivity contribution < 1.29 is 9.18 Å². The Labute approximate surface area is 161 Å². The highest BCUT2D eigenvalue weighted by Gasteiger charge is 2.26. The molecule has 2 aromatic heterocycles. The lowest BCUT2D eigenvalue weighted by atomic mass is 9.96. The fraction of sp³-hybridized carbons (Fsp3) is 0.400. The van der Waals surface area contributed by atoms with Gasteiger partial charge in [0, 0.05) is 18.0 Å². The Kier molecular flexibility index (Phi) is 4.52. The molecule has 27 heavy (non-hydrogen) atoms. The average molecular weight is 386 g/mol. The first-order valence-electron chi connectivity index (χ1n) is 9.17. The molecule has 1 unspecified atom stereocenters. The Morgan fingerprint density at radius 1 is 1.44 bits per heavy atom. The number of nitrogens with zero attached hydrogens (tertiary/aromatic N) is 2. The molecule has 0 aliphatic carbocycles. The van der Waals surface area contributed by atoms with Gasteiger partial charge in [-0.15, -0.1) is 11.3 Å². The van der Waals surface area contributed by atoms with Crippen LogP contribution in [0.2, 0.25) is 0 Å². The van der Waals surface area contributed by atoms with Crippen LogP contribution in [0, 0.1) is 11.7 Å². The summed E-state index contributed by atoms with van der Waals surface area (Å²) in [6, 6.07) is 5.11. The standard InChI is InChI=1S/C20H23FN4OS/c1-10(2)6-14-18-11(4-5-23-14)7-16(27-18)20-24-17-13(19(22)26)8-12(21)9-15(17)25(20)3/h7-10,14,23H,4-6H2,1-3H3,(H2,22,26). The van der Waals surface area contributed by atoms with Gasteiger partial charge >= 0.3 is 0 Å². The summed E-state index contributed by atoms with van der Waals surface area (Å²) in [5.74, 6) is 0.185. The summed E-state index contributed by atoms with van der Waals surface area (Å²) in [7, 11) is 1.84. The molecule has 0 saturated carbocycles. The lowest BCUT2D eigenvalue weighted by molar-refractivity contribution is 0.100. The minimum atomic E-state index is -0.671. The van der Waals surface area contributed by atoms with Crippen LogP contribution in [0.25, 0.3) is 21.7 Å². The second-order valence-corrected chi connectivity index (χ2v) is 8.65. The number of thiophene rings is 1. The van der Waals surface area contributed by atoms with Crippen LogP contribution in [-0.4, -0.2) is 22.0 Å². The van der Waals surface area contributed by atoms with E-state index in [0.29, 0.717) is 23.0 Å². The maximum absolute atomic E-state index is 14.0. The van der Waals surface area contributed by atoms with Crippen molar-refractivity contribution in [2.45, 2.75) is 32.7 Å². The molecule has 1 aromatic carbocycles. The van der Waals surface area contributed by atoms with Crippen molar-refractivity contribution in [2.24, 2.45) is 18.7 Å². The fourth-order valence-corrected chi connectivity index (χ4v) is 5.17. The van der Waals surface area contributed by atoms with E-state index in [0.717, 1.165) is 36.2 Å². The van der Waals surface area contributed by atoms with E-state index in [2.05, 4.69) is 30.2 Å². The number of amides is 1. The number of hydrogen-bond donors (Lipinski definition) is 2. The van der Waals surface area contributed by atoms with Crippen molar-refractivity contribution in [1.29, 1.82) is 0 Å². The summed E-state index contributed by atoms with van der Waals surface area (Å²) in [5.41, 5.74) is 7.92. The van der Waals surface area contributed by atoms with Crippen LogP contribution >= 0.6 is 11.3 Å². The zero-order valence-electron chi connectivity index (χ0n) is 15.7. The second kappa shape index (κ2) is 6.73. The van der Waals surface area contributed by atoms with Gasteiger partial charge in [0.2, 0.25) is 0 Å². The Balaban J connectivity index is 1.84. The first kappa shape index (κ1) is 18.1. The summed E-state index contributed by atoms with van der Waals surface area (Å²) in [5, 5.41) is 3.62. The molecular formula is C20H23FN4OS. The van der Waals surface area contributed by atoms with Gasteiger partial charge in [-0.1, -0.05) is 13.8 Å². The maximum atomic E-state index is 14.0. The number of benzene rings is 1. The van der Waals surface area contributed by atoms with E-state index in [9.17, 15) is 9.18 Å². The van der Waals surface area contributed by atoms with Crippen molar-refractivity contribution in [3.05, 3.63) is 40.0 Å². The Bertz CT molecular complexity index is 1040. The number of fused-ring (bicyclic) bond motifs is 2. The first-order chi connectivity index (χ1) is 12.8. The number of imidazole rings is 1. The van der Waals surface area contributed by atoms with Crippen LogP contribution in [0.15, 0.2) is 18.2 Å². The zero-order valence-corrected chi connectivity index (χ0v) is 16.5. The molecule has 0 spiro atoms. The highest BCUT2D eigenvalue weighted by Crippen LogP contribution is 2.39. The number of hydrogen-bond acceptors (Lipinski definition) is 4. The van der Waals surface area contributed by atoms with Crippen LogP contribution < -0.4 is 11.1 Å². The molecule has 1 aliphatic rings. The predicted molar refractivity (Wildman–Crippen MR) is 106 cm³/mol. The van der Waals surface area contributed by atoms with E-state index in [1.165, 1.54) is 16.5 Å². The number of primary amides is 1. The van der Waals surface area contributed by atoms with Gasteiger partial charge in [-0.2, -0.15) is 0 Å². The molecule has 3 heterocycles. The molecule has 1 amide bonds. The molecule has 0 bridgehead atoms. The summed E-state index contributed by atoms with van der Waals surface area (Å²) < 4.78 is 15.8. The summed E-state index contributed by atoms with van der Waals surface area (Å²) in [4.78, 5) is 18.8. The first-order valence-corrected chi connectivity index (χ1v) is 9.99. The second-order valence-electron chi connectivity index (χ2n) is 7.57. The molecule has 3 aromatic rings. The highest BCUT2D eigenvalue weighted by molar-refractivity contribution is 7.15. The third-order valence-electron chi connectivity index (χ3n) is 5.09. The third-order valence-corrected chi connectivity index (χ3v) is 6.37. The largest absolute Gasteiger partial charge is 0.366 e. The molecular weight excluding hydrogens is 363 g/mol. The van der Waals surface area contributed by atoms with Gasteiger partial charge in [0.15, 0.2) is 5.82 Å². The molecule has 0 fully saturated rings. The molecule has 0 saturated heterocycles. The summed E-state index contributed by atoms with van der Waals surface area (Å²) in [6.07, 6.45) is 2.08. The van der Waals surface area contributed by atoms with Crippen LogP contribution in [0.4, 0.5) is 4.39 Å². The topological polar surface area (TPSA) is 72.9 Å². The number of rotatable bonds is 4. The fourth-order valence-electron chi connectivity index (χ4n) is 3.84. The molecule has 0 radical (unpaired) electrons. The Hall–Kier alpha value is -2.25. The number of aryl methyl sites for hydroxylation is 1. The number of nitrogens with two attached hydrogens (primary N) is 1. The van der Waals surface area contributed by atoms with E-state index in [1.54, 1.807) is 11.3 Å². The minimum Gasteiger partial charge on any atom is -0.366 e. The van der Waals surface area contributed by atoms with Gasteiger partial charge < -0.3 is 15.6 Å². The molecule has 5 nitrogen and oxygen atoms in total. The van der Waals surface area contributed by atoms with Crippen LogP contribution in [0.1, 0.15) is 47.1 Å². The van der Waals surface area contributed by atoms with E-state index in [4.69, 9.17) is 5.73 Å². The number of nitrogens with one attached hydrogen (secondary N) is 1. The summed E-state index contributed by atoms with van der Waals surface area (Å²) in [6.45, 7) is 5.44. The van der Waals surface area contributed by atoms with E-state index < -0.39 is 11.7 Å². The van der Waals surface area contributed by atoms with E-state index in [-0.39, 0.29) is 5.56 Å². The van der Waals surface area contributed by atoms with Crippen molar-refractivity contribution >= 4 is 28.3 Å². The Morgan fingerprint density at radius 2 is 2.22 bits per heavy atom. The van der Waals surface area contributed by atoms with Gasteiger partial charge in [0.25, 0.3) is 5.91 Å². The lowest BCUT2D eigenvalue weighted by Crippen LogP contribution is -2.29. The van der Waals surface area contributed by atoms with Gasteiger partial charge in [-0.25, -0.2) is 9.37 Å². The van der Waals surface area contributed by atoms with Crippen LogP contribution in [0.3, 0.4) is 0 Å². The van der Waals surface area contributed by atoms with Crippen molar-refractivity contribution in [3.8, 4) is 10.7 Å². The van der Waals surface area contributed by atoms with Crippen molar-refractivity contribution in [1.82, 2.24) is 14.9 Å². The Morgan fingerprint density at radius 3 is 2.93 bits per heavy atom. The zero-order chi connectivity index (χ0) is 19.3. The molecule has 1 atom stereocenters. The van der Waals surface area contributed by atoms with Gasteiger partial charge in [0.05, 0.1) is 16.0 Å². The van der Waals surface area contributed by atoms with Crippen LogP contribution in [0.5, 0.6) is 0 Å². The van der Waals surface area contributed by atoms with E-state index in [1.807, 2.05) is 11.6 Å². The number of aromatic nitrogens is 2. The third kappa shape index (κ3) is 3.15. The SMILES string of the molecule is CC(C)CC1NCCc2cc(-c3nc4c(C(N)=O)cc(F)cc4n3C)sc21. The monoisotopic (exact) mass is 386 g/mol. The normalized spacial score (nSPS) is 16.9.